The number of amides is 1. The summed E-state index contributed by atoms with van der Waals surface area (Å²) in [5.74, 6) is 0.926. The van der Waals surface area contributed by atoms with Crippen LogP contribution in [0.2, 0.25) is 0 Å². The first-order chi connectivity index (χ1) is 11.5. The molecule has 1 aliphatic rings. The molecule has 2 aromatic rings. The fraction of sp³-hybridized carbons (Fsp3) is 0.286. The average molecular weight is 395 g/mol. The third-order valence-electron chi connectivity index (χ3n) is 3.75. The Kier molecular flexibility index (Phi) is 4.14. The van der Waals surface area contributed by atoms with Gasteiger partial charge in [0.05, 0.1) is 24.3 Å². The number of fused-ring (bicyclic) bond motifs is 1. The third kappa shape index (κ3) is 2.48. The summed E-state index contributed by atoms with van der Waals surface area (Å²) in [6.45, 7) is 1.75. The molecule has 2 heterocycles. The molecule has 24 heavy (non-hydrogen) atoms. The Morgan fingerprint density at radius 2 is 2.12 bits per heavy atom. The average Bonchev–Trinajstić information content (AvgIpc) is 3.00. The van der Waals surface area contributed by atoms with E-state index in [2.05, 4.69) is 36.8 Å². The number of nitrogens with two attached hydrogens (primary N) is 1. The van der Waals surface area contributed by atoms with Crippen molar-refractivity contribution in [2.75, 3.05) is 19.5 Å². The molecular weight excluding hydrogens is 380 g/mol. The highest BCUT2D eigenvalue weighted by Gasteiger charge is 2.33. The molecular formula is C14H15BrN6O3. The van der Waals surface area contributed by atoms with E-state index in [-0.39, 0.29) is 0 Å². The number of hydrogen-bond acceptors (Lipinski definition) is 7. The molecule has 0 aliphatic carbocycles. The lowest BCUT2D eigenvalue weighted by molar-refractivity contribution is -0.115. The number of carbonyl (C=O) groups is 1. The van der Waals surface area contributed by atoms with Crippen LogP contribution in [0.25, 0.3) is 0 Å². The Hall–Kier alpha value is -2.62. The van der Waals surface area contributed by atoms with Crippen molar-refractivity contribution in [3.05, 3.63) is 33.4 Å². The van der Waals surface area contributed by atoms with Gasteiger partial charge in [-0.05, 0) is 51.0 Å². The molecule has 0 saturated carbocycles. The quantitative estimate of drug-likeness (QED) is 0.800. The molecule has 0 radical (unpaired) electrons. The van der Waals surface area contributed by atoms with E-state index in [1.165, 1.54) is 11.8 Å². The molecule has 3 N–H and O–H groups in total. The molecule has 9 nitrogen and oxygen atoms in total. The molecule has 1 aromatic carbocycles. The topological polar surface area (TPSA) is 117 Å². The van der Waals surface area contributed by atoms with E-state index in [4.69, 9.17) is 15.2 Å². The number of tetrazole rings is 1. The minimum Gasteiger partial charge on any atom is -0.493 e. The molecule has 0 unspecified atom stereocenters. The summed E-state index contributed by atoms with van der Waals surface area (Å²) >= 11 is 3.45. The Labute approximate surface area is 145 Å². The van der Waals surface area contributed by atoms with Crippen molar-refractivity contribution >= 4 is 27.8 Å². The van der Waals surface area contributed by atoms with Gasteiger partial charge in [-0.2, -0.15) is 4.68 Å². The number of aromatic nitrogens is 4. The molecule has 1 aliphatic heterocycles. The summed E-state index contributed by atoms with van der Waals surface area (Å²) in [7, 11) is 3.08. The van der Waals surface area contributed by atoms with Crippen LogP contribution in [0.3, 0.4) is 0 Å². The molecule has 0 spiro atoms. The standard InChI is InChI=1S/C14H15BrN6O3/c1-6-10(13(16)22)11(21-14(17-6)18-19-20-21)7-4-8(15)12(24-3)9(5-7)23-2/h4-5,11H,1-3H3,(H2,16,22)(H,17,18,20)/t11-/m1/s1. The Bertz CT molecular complexity index is 847. The number of nitrogens with one attached hydrogen (secondary N) is 1. The summed E-state index contributed by atoms with van der Waals surface area (Å²) in [6.07, 6.45) is 0. The van der Waals surface area contributed by atoms with Crippen LogP contribution < -0.4 is 20.5 Å². The maximum atomic E-state index is 12.0. The van der Waals surface area contributed by atoms with E-state index in [0.717, 1.165) is 5.56 Å². The van der Waals surface area contributed by atoms with Gasteiger partial charge in [-0.1, -0.05) is 5.10 Å². The summed E-state index contributed by atoms with van der Waals surface area (Å²) in [5.41, 5.74) is 7.28. The summed E-state index contributed by atoms with van der Waals surface area (Å²) in [4.78, 5) is 12.0. The number of ether oxygens (including phenoxy) is 2. The van der Waals surface area contributed by atoms with Gasteiger partial charge in [0.1, 0.15) is 6.04 Å². The monoisotopic (exact) mass is 394 g/mol. The van der Waals surface area contributed by atoms with Crippen LogP contribution in [-0.2, 0) is 4.79 Å². The molecule has 10 heteroatoms. The van der Waals surface area contributed by atoms with Crippen LogP contribution in [0, 0.1) is 0 Å². The zero-order valence-corrected chi connectivity index (χ0v) is 14.8. The van der Waals surface area contributed by atoms with E-state index in [1.807, 2.05) is 6.07 Å². The van der Waals surface area contributed by atoms with Gasteiger partial charge < -0.3 is 20.5 Å². The lowest BCUT2D eigenvalue weighted by atomic mass is 9.95. The predicted molar refractivity (Wildman–Crippen MR) is 88.7 cm³/mol. The van der Waals surface area contributed by atoms with Crippen LogP contribution in [0.15, 0.2) is 27.9 Å². The second-order valence-corrected chi connectivity index (χ2v) is 5.97. The number of rotatable bonds is 4. The number of hydrogen-bond donors (Lipinski definition) is 2. The van der Waals surface area contributed by atoms with Crippen molar-refractivity contribution in [1.29, 1.82) is 0 Å². The van der Waals surface area contributed by atoms with Crippen molar-refractivity contribution in [2.45, 2.75) is 13.0 Å². The van der Waals surface area contributed by atoms with E-state index >= 15 is 0 Å². The van der Waals surface area contributed by atoms with Gasteiger partial charge in [0, 0.05) is 5.70 Å². The summed E-state index contributed by atoms with van der Waals surface area (Å²) < 4.78 is 12.9. The minimum atomic E-state index is -0.579. The minimum absolute atomic E-state index is 0.369. The van der Waals surface area contributed by atoms with Gasteiger partial charge in [0.25, 0.3) is 0 Å². The molecule has 126 valence electrons. The Morgan fingerprint density at radius 1 is 1.38 bits per heavy atom. The lowest BCUT2D eigenvalue weighted by Gasteiger charge is -2.27. The first-order valence-electron chi connectivity index (χ1n) is 6.94. The number of methoxy groups -OCH3 is 2. The first kappa shape index (κ1) is 16.2. The van der Waals surface area contributed by atoms with E-state index in [0.29, 0.717) is 33.2 Å². The number of benzene rings is 1. The fourth-order valence-corrected chi connectivity index (χ4v) is 3.36. The first-order valence-corrected chi connectivity index (χ1v) is 7.74. The smallest absolute Gasteiger partial charge is 0.248 e. The third-order valence-corrected chi connectivity index (χ3v) is 4.34. The summed E-state index contributed by atoms with van der Waals surface area (Å²) in [5, 5.41) is 14.5. The molecule has 1 atom stereocenters. The number of primary amides is 1. The van der Waals surface area contributed by atoms with Gasteiger partial charge in [-0.15, -0.1) is 0 Å². The molecule has 0 bridgehead atoms. The second kappa shape index (κ2) is 6.11. The molecule has 0 fully saturated rings. The van der Waals surface area contributed by atoms with Gasteiger partial charge in [-0.3, -0.25) is 4.79 Å². The second-order valence-electron chi connectivity index (χ2n) is 5.12. The van der Waals surface area contributed by atoms with Gasteiger partial charge >= 0.3 is 0 Å². The molecule has 0 saturated heterocycles. The van der Waals surface area contributed by atoms with Crippen LogP contribution in [0.5, 0.6) is 11.5 Å². The summed E-state index contributed by atoms with van der Waals surface area (Å²) in [6, 6.07) is 3.00. The normalized spacial score (nSPS) is 16.4. The maximum absolute atomic E-state index is 12.0. The Morgan fingerprint density at radius 3 is 2.75 bits per heavy atom. The van der Waals surface area contributed by atoms with Crippen molar-refractivity contribution in [1.82, 2.24) is 20.2 Å². The van der Waals surface area contributed by atoms with Gasteiger partial charge in [0.2, 0.25) is 11.9 Å². The van der Waals surface area contributed by atoms with Crippen molar-refractivity contribution in [3.63, 3.8) is 0 Å². The van der Waals surface area contributed by atoms with E-state index < -0.39 is 11.9 Å². The zero-order chi connectivity index (χ0) is 17.4. The van der Waals surface area contributed by atoms with Crippen LogP contribution in [-0.4, -0.2) is 40.3 Å². The number of carbonyl (C=O) groups excluding carboxylic acids is 1. The largest absolute Gasteiger partial charge is 0.493 e. The maximum Gasteiger partial charge on any atom is 0.248 e. The van der Waals surface area contributed by atoms with Crippen LogP contribution in [0.1, 0.15) is 18.5 Å². The predicted octanol–water partition coefficient (Wildman–Crippen LogP) is 1.23. The molecule has 1 aromatic heterocycles. The number of allylic oxidation sites excluding steroid dienone is 1. The molecule has 3 rings (SSSR count). The van der Waals surface area contributed by atoms with Crippen molar-refractivity contribution in [3.8, 4) is 11.5 Å². The molecule has 1 amide bonds. The van der Waals surface area contributed by atoms with Crippen LogP contribution >= 0.6 is 15.9 Å². The van der Waals surface area contributed by atoms with E-state index in [1.54, 1.807) is 20.1 Å². The van der Waals surface area contributed by atoms with Crippen molar-refractivity contribution in [2.24, 2.45) is 5.73 Å². The van der Waals surface area contributed by atoms with Gasteiger partial charge in [0.15, 0.2) is 11.5 Å². The SMILES string of the molecule is COc1cc([C@@H]2C(C(N)=O)=C(C)Nc3nnnn32)cc(Br)c1OC. The number of anilines is 1. The van der Waals surface area contributed by atoms with Gasteiger partial charge in [-0.25, -0.2) is 0 Å². The highest BCUT2D eigenvalue weighted by Crippen LogP contribution is 2.41. The number of halogens is 1. The van der Waals surface area contributed by atoms with Crippen LogP contribution in [0.4, 0.5) is 5.95 Å². The number of nitrogens with zero attached hydrogens (tertiary/aromatic N) is 4. The lowest BCUT2D eigenvalue weighted by Crippen LogP contribution is -2.31. The van der Waals surface area contributed by atoms with Crippen molar-refractivity contribution < 1.29 is 14.3 Å². The highest BCUT2D eigenvalue weighted by molar-refractivity contribution is 9.10. The highest BCUT2D eigenvalue weighted by atomic mass is 79.9. The van der Waals surface area contributed by atoms with E-state index in [9.17, 15) is 4.79 Å². The Balaban J connectivity index is 2.24. The zero-order valence-electron chi connectivity index (χ0n) is 13.2. The fourth-order valence-electron chi connectivity index (χ4n) is 2.74.